The van der Waals surface area contributed by atoms with E-state index in [2.05, 4.69) is 78.2 Å². The molecule has 234 valence electrons. The number of aromatic carboxylic acids is 1. The Kier molecular flexibility index (Phi) is 10.2. The van der Waals surface area contributed by atoms with Crippen molar-refractivity contribution < 1.29 is 24.2 Å². The number of carbonyl (C=O) groups is 2. The maximum Gasteiger partial charge on any atom is 0.422 e. The summed E-state index contributed by atoms with van der Waals surface area (Å²) in [6, 6.07) is 36.8. The zero-order valence-corrected chi connectivity index (χ0v) is 26.8. The number of rotatable bonds is 11. The molecule has 0 fully saturated rings. The summed E-state index contributed by atoms with van der Waals surface area (Å²) in [7, 11) is 0. The molecule has 0 aromatic heterocycles. The van der Waals surface area contributed by atoms with E-state index in [1.165, 1.54) is 16.7 Å². The molecule has 0 aliphatic carbocycles. The molecule has 45 heavy (non-hydrogen) atoms. The lowest BCUT2D eigenvalue weighted by Crippen LogP contribution is -2.53. The fraction of sp³-hybridized carbons (Fsp3) is 0.297. The maximum absolute atomic E-state index is 12.9. The minimum absolute atomic E-state index is 0.114. The van der Waals surface area contributed by atoms with E-state index in [9.17, 15) is 14.7 Å². The van der Waals surface area contributed by atoms with Crippen LogP contribution in [0.4, 0.5) is 4.79 Å². The van der Waals surface area contributed by atoms with Crippen LogP contribution in [0.1, 0.15) is 66.2 Å². The second kappa shape index (κ2) is 14.2. The predicted molar refractivity (Wildman–Crippen MR) is 178 cm³/mol. The van der Waals surface area contributed by atoms with Gasteiger partial charge in [-0.25, -0.2) is 9.59 Å². The number of fused-ring (bicyclic) bond motifs is 1. The Bertz CT molecular complexity index is 1480. The lowest BCUT2D eigenvalue weighted by Gasteiger charge is -2.37. The summed E-state index contributed by atoms with van der Waals surface area (Å²) in [6.45, 7) is 5.92. The molecule has 2 N–H and O–H groups in total. The summed E-state index contributed by atoms with van der Waals surface area (Å²) < 4.78 is 11.4. The Labute approximate surface area is 269 Å². The summed E-state index contributed by atoms with van der Waals surface area (Å²) in [5, 5.41) is 11.5. The molecule has 1 aliphatic heterocycles. The minimum atomic E-state index is -1.05. The van der Waals surface area contributed by atoms with Gasteiger partial charge in [0, 0.05) is 13.0 Å². The number of thioether (sulfide) groups is 1. The lowest BCUT2D eigenvalue weighted by atomic mass is 9.84. The Morgan fingerprint density at radius 3 is 1.93 bits per heavy atom. The summed E-state index contributed by atoms with van der Waals surface area (Å²) in [5.41, 5.74) is 6.74. The molecule has 0 saturated heterocycles. The highest BCUT2D eigenvalue weighted by Gasteiger charge is 2.37. The predicted octanol–water partition coefficient (Wildman–Crippen LogP) is 7.89. The van der Waals surface area contributed by atoms with E-state index in [0.717, 1.165) is 11.3 Å². The quantitative estimate of drug-likeness (QED) is 0.0997. The fourth-order valence-electron chi connectivity index (χ4n) is 5.70. The molecule has 1 aliphatic rings. The van der Waals surface area contributed by atoms with E-state index >= 15 is 0 Å². The Morgan fingerprint density at radius 1 is 0.867 bits per heavy atom. The van der Waals surface area contributed by atoms with E-state index in [0.29, 0.717) is 31.6 Å². The average molecular weight is 625 g/mol. The van der Waals surface area contributed by atoms with Gasteiger partial charge < -0.3 is 14.6 Å². The molecule has 0 saturated carbocycles. The Hall–Kier alpha value is -4.27. The van der Waals surface area contributed by atoms with Crippen LogP contribution in [-0.4, -0.2) is 46.3 Å². The van der Waals surface area contributed by atoms with E-state index < -0.39 is 28.6 Å². The normalized spacial score (nSPS) is 14.7. The van der Waals surface area contributed by atoms with Crippen molar-refractivity contribution in [3.63, 3.8) is 0 Å². The van der Waals surface area contributed by atoms with Crippen LogP contribution in [0.2, 0.25) is 0 Å². The number of nitrogens with zero attached hydrogens (tertiary/aromatic N) is 1. The number of ether oxygens (including phenoxy) is 2. The number of carboxylic acid groups (broad SMARTS) is 1. The van der Waals surface area contributed by atoms with E-state index in [-0.39, 0.29) is 5.56 Å². The van der Waals surface area contributed by atoms with Gasteiger partial charge in [0.15, 0.2) is 6.23 Å². The number of carbonyl (C=O) groups excluding carboxylic acids is 1. The number of hydrogen-bond acceptors (Lipinski definition) is 6. The van der Waals surface area contributed by atoms with Crippen molar-refractivity contribution in [2.24, 2.45) is 0 Å². The average Bonchev–Trinajstić information content (AvgIpc) is 3.04. The highest BCUT2D eigenvalue weighted by molar-refractivity contribution is 8.00. The zero-order chi connectivity index (χ0) is 31.9. The third-order valence-corrected chi connectivity index (χ3v) is 9.26. The molecule has 7 nitrogen and oxygen atoms in total. The molecule has 1 amide bonds. The van der Waals surface area contributed by atoms with Gasteiger partial charge in [-0.15, -0.1) is 11.8 Å². The van der Waals surface area contributed by atoms with Crippen LogP contribution in [-0.2, 0) is 15.9 Å². The lowest BCUT2D eigenvalue weighted by molar-refractivity contribution is -0.0369. The van der Waals surface area contributed by atoms with Gasteiger partial charge >= 0.3 is 12.1 Å². The first-order valence-corrected chi connectivity index (χ1v) is 16.2. The Morgan fingerprint density at radius 2 is 1.42 bits per heavy atom. The highest BCUT2D eigenvalue weighted by atomic mass is 32.2. The van der Waals surface area contributed by atoms with Gasteiger partial charge in [0.2, 0.25) is 0 Å². The number of para-hydroxylation sites is 1. The van der Waals surface area contributed by atoms with Crippen molar-refractivity contribution in [1.29, 1.82) is 0 Å². The number of carboxylic acids is 1. The van der Waals surface area contributed by atoms with Crippen molar-refractivity contribution >= 4 is 23.8 Å². The number of hydrazine groups is 1. The summed E-state index contributed by atoms with van der Waals surface area (Å²) in [4.78, 5) is 24.9. The molecule has 0 spiro atoms. The van der Waals surface area contributed by atoms with Crippen LogP contribution >= 0.6 is 11.8 Å². The second-order valence-corrected chi connectivity index (χ2v) is 13.3. The largest absolute Gasteiger partial charge is 0.478 e. The van der Waals surface area contributed by atoms with Gasteiger partial charge in [-0.2, -0.15) is 5.01 Å². The van der Waals surface area contributed by atoms with Gasteiger partial charge in [-0.3, -0.25) is 5.43 Å². The topological polar surface area (TPSA) is 88.1 Å². The zero-order valence-electron chi connectivity index (χ0n) is 25.9. The second-order valence-electron chi connectivity index (χ2n) is 12.0. The van der Waals surface area contributed by atoms with Crippen molar-refractivity contribution in [2.75, 3.05) is 12.3 Å². The molecule has 0 bridgehead atoms. The number of nitrogens with one attached hydrogen (secondary N) is 1. The van der Waals surface area contributed by atoms with Gasteiger partial charge in [0.05, 0.1) is 4.75 Å². The maximum atomic E-state index is 12.9. The highest BCUT2D eigenvalue weighted by Crippen LogP contribution is 2.48. The first-order chi connectivity index (χ1) is 21.7. The van der Waals surface area contributed by atoms with E-state index in [1.807, 2.05) is 56.8 Å². The Balaban J connectivity index is 1.40. The van der Waals surface area contributed by atoms with Crippen molar-refractivity contribution in [2.45, 2.75) is 56.6 Å². The number of aryl methyl sites for hydroxylation is 1. The summed E-state index contributed by atoms with van der Waals surface area (Å²) in [5.74, 6) is 0.0620. The van der Waals surface area contributed by atoms with Gasteiger partial charge in [0.25, 0.3) is 0 Å². The molecular weight excluding hydrogens is 584 g/mol. The molecule has 8 heteroatoms. The standard InChI is InChI=1S/C37H40N2O5S/c1-36(2,3)44-35(42)38-39(32-24-23-27-15-13-22-31(34(40)41)33(27)43-32)25-14-26-45-37(28-16-7-4-8-17-28,29-18-9-5-10-19-29)30-20-11-6-12-21-30/h4-13,15-22,32H,14,23-26H2,1-3H3,(H,38,42)(H,40,41)/t32-/m1/s1. The molecule has 0 unspecified atom stereocenters. The van der Waals surface area contributed by atoms with Crippen molar-refractivity contribution in [3.8, 4) is 5.75 Å². The minimum Gasteiger partial charge on any atom is -0.478 e. The molecule has 0 radical (unpaired) electrons. The SMILES string of the molecule is CC(C)(C)OC(=O)NN(CCCSC(c1ccccc1)(c1ccccc1)c1ccccc1)[C@H]1CCc2cccc(C(=O)O)c2O1. The smallest absolute Gasteiger partial charge is 0.422 e. The summed E-state index contributed by atoms with van der Waals surface area (Å²) >= 11 is 1.85. The van der Waals surface area contributed by atoms with Crippen LogP contribution < -0.4 is 10.2 Å². The monoisotopic (exact) mass is 624 g/mol. The first-order valence-electron chi connectivity index (χ1n) is 15.3. The van der Waals surface area contributed by atoms with E-state index in [1.54, 1.807) is 17.1 Å². The third-order valence-electron chi connectivity index (χ3n) is 7.63. The molecule has 4 aromatic carbocycles. The van der Waals surface area contributed by atoms with Crippen LogP contribution in [0.25, 0.3) is 0 Å². The fourth-order valence-corrected chi connectivity index (χ4v) is 7.19. The van der Waals surface area contributed by atoms with Crippen molar-refractivity contribution in [3.05, 3.63) is 137 Å². The van der Waals surface area contributed by atoms with Crippen LogP contribution in [0.3, 0.4) is 0 Å². The number of benzene rings is 4. The van der Waals surface area contributed by atoms with Gasteiger partial charge in [-0.05, 0) is 67.7 Å². The van der Waals surface area contributed by atoms with Crippen LogP contribution in [0.5, 0.6) is 5.75 Å². The molecule has 1 heterocycles. The summed E-state index contributed by atoms with van der Waals surface area (Å²) in [6.07, 6.45) is 0.783. The van der Waals surface area contributed by atoms with Crippen LogP contribution in [0, 0.1) is 0 Å². The molecule has 1 atom stereocenters. The van der Waals surface area contributed by atoms with Gasteiger partial charge in [-0.1, -0.05) is 103 Å². The molecular formula is C37H40N2O5S. The first kappa shape index (κ1) is 32.1. The van der Waals surface area contributed by atoms with E-state index in [4.69, 9.17) is 9.47 Å². The van der Waals surface area contributed by atoms with Gasteiger partial charge in [0.1, 0.15) is 16.9 Å². The number of amides is 1. The van der Waals surface area contributed by atoms with Crippen LogP contribution in [0.15, 0.2) is 109 Å². The number of hydrogen-bond donors (Lipinski definition) is 2. The van der Waals surface area contributed by atoms with Crippen molar-refractivity contribution in [1.82, 2.24) is 10.4 Å². The third kappa shape index (κ3) is 7.70. The molecule has 5 rings (SSSR count). The molecule has 4 aromatic rings.